The highest BCUT2D eigenvalue weighted by atomic mass is 16.2. The smallest absolute Gasteiger partial charge is 0.325 e. The van der Waals surface area contributed by atoms with Crippen LogP contribution in [0.25, 0.3) is 0 Å². The van der Waals surface area contributed by atoms with Crippen molar-refractivity contribution in [3.63, 3.8) is 0 Å². The van der Waals surface area contributed by atoms with Gasteiger partial charge in [-0.05, 0) is 32.1 Å². The van der Waals surface area contributed by atoms with Gasteiger partial charge in [0.05, 0.1) is 0 Å². The number of nitrogens with one attached hydrogen (secondary N) is 2. The van der Waals surface area contributed by atoms with E-state index in [0.29, 0.717) is 25.4 Å². The Balaban J connectivity index is 1.42. The van der Waals surface area contributed by atoms with E-state index >= 15 is 0 Å². The van der Waals surface area contributed by atoms with Crippen molar-refractivity contribution in [1.82, 2.24) is 15.5 Å². The highest BCUT2D eigenvalue weighted by Crippen LogP contribution is 2.35. The van der Waals surface area contributed by atoms with Crippen LogP contribution in [0, 0.1) is 0 Å². The fourth-order valence-corrected chi connectivity index (χ4v) is 4.14. The Hall–Kier alpha value is -1.59. The standard InChI is InChI=1S/C17H27N3O3/c21-14(18-13-7-2-1-3-8-13)9-6-12-20-15(22)17(19-16(20)23)10-4-5-11-17/h13H,1-12H2,(H,18,21)(H,19,23). The second-order valence-electron chi connectivity index (χ2n) is 7.18. The average Bonchev–Trinajstić information content (AvgIpc) is 3.09. The third kappa shape index (κ3) is 3.51. The molecule has 1 aliphatic heterocycles. The Morgan fingerprint density at radius 3 is 2.52 bits per heavy atom. The zero-order valence-electron chi connectivity index (χ0n) is 13.7. The van der Waals surface area contributed by atoms with Gasteiger partial charge in [-0.2, -0.15) is 0 Å². The summed E-state index contributed by atoms with van der Waals surface area (Å²) in [5.41, 5.74) is -0.637. The number of imide groups is 1. The molecule has 0 aromatic heterocycles. The van der Waals surface area contributed by atoms with Crippen molar-refractivity contribution in [3.8, 4) is 0 Å². The van der Waals surface area contributed by atoms with Gasteiger partial charge in [0, 0.05) is 19.0 Å². The third-order valence-corrected chi connectivity index (χ3v) is 5.46. The first-order valence-corrected chi connectivity index (χ1v) is 9.04. The van der Waals surface area contributed by atoms with Crippen LogP contribution >= 0.6 is 0 Å². The predicted molar refractivity (Wildman–Crippen MR) is 85.7 cm³/mol. The molecule has 1 saturated heterocycles. The van der Waals surface area contributed by atoms with Gasteiger partial charge in [0.1, 0.15) is 5.54 Å². The normalized spacial score (nSPS) is 24.3. The summed E-state index contributed by atoms with van der Waals surface area (Å²) >= 11 is 0. The molecule has 2 aliphatic carbocycles. The molecule has 23 heavy (non-hydrogen) atoms. The maximum atomic E-state index is 12.5. The number of nitrogens with zero attached hydrogens (tertiary/aromatic N) is 1. The van der Waals surface area contributed by atoms with E-state index in [2.05, 4.69) is 10.6 Å². The molecule has 1 spiro atoms. The Morgan fingerprint density at radius 1 is 1.13 bits per heavy atom. The van der Waals surface area contributed by atoms with Gasteiger partial charge in [-0.15, -0.1) is 0 Å². The molecule has 2 saturated carbocycles. The lowest BCUT2D eigenvalue weighted by molar-refractivity contribution is -0.131. The molecule has 0 bridgehead atoms. The summed E-state index contributed by atoms with van der Waals surface area (Å²) < 4.78 is 0. The van der Waals surface area contributed by atoms with Crippen molar-refractivity contribution in [2.75, 3.05) is 6.54 Å². The van der Waals surface area contributed by atoms with Gasteiger partial charge in [-0.1, -0.05) is 32.1 Å². The van der Waals surface area contributed by atoms with Crippen molar-refractivity contribution < 1.29 is 14.4 Å². The number of carbonyl (C=O) groups excluding carboxylic acids is 3. The second-order valence-corrected chi connectivity index (χ2v) is 7.18. The van der Waals surface area contributed by atoms with E-state index in [1.807, 2.05) is 0 Å². The summed E-state index contributed by atoms with van der Waals surface area (Å²) in [6, 6.07) is 0.0271. The maximum absolute atomic E-state index is 12.5. The quantitative estimate of drug-likeness (QED) is 0.761. The third-order valence-electron chi connectivity index (χ3n) is 5.46. The summed E-state index contributed by atoms with van der Waals surface area (Å²) in [7, 11) is 0. The first kappa shape index (κ1) is 16.3. The van der Waals surface area contributed by atoms with Crippen LogP contribution in [0.3, 0.4) is 0 Å². The average molecular weight is 321 g/mol. The molecular formula is C17H27N3O3. The van der Waals surface area contributed by atoms with E-state index in [9.17, 15) is 14.4 Å². The Bertz CT molecular complexity index is 479. The van der Waals surface area contributed by atoms with Gasteiger partial charge < -0.3 is 10.6 Å². The lowest BCUT2D eigenvalue weighted by Gasteiger charge is -2.23. The molecule has 3 fully saturated rings. The minimum atomic E-state index is -0.637. The van der Waals surface area contributed by atoms with Crippen molar-refractivity contribution in [2.45, 2.75) is 82.2 Å². The number of rotatable bonds is 5. The molecule has 128 valence electrons. The van der Waals surface area contributed by atoms with Gasteiger partial charge in [0.2, 0.25) is 5.91 Å². The summed E-state index contributed by atoms with van der Waals surface area (Å²) in [5.74, 6) is -0.0489. The molecular weight excluding hydrogens is 294 g/mol. The van der Waals surface area contributed by atoms with Crippen LogP contribution in [0.4, 0.5) is 4.79 Å². The predicted octanol–water partition coefficient (Wildman–Crippen LogP) is 2.08. The fourth-order valence-electron chi connectivity index (χ4n) is 4.14. The Morgan fingerprint density at radius 2 is 1.83 bits per heavy atom. The minimum Gasteiger partial charge on any atom is -0.353 e. The van der Waals surface area contributed by atoms with Crippen molar-refractivity contribution in [3.05, 3.63) is 0 Å². The molecule has 3 aliphatic rings. The molecule has 2 N–H and O–H groups in total. The number of hydrogen-bond donors (Lipinski definition) is 2. The SMILES string of the molecule is O=C(CCCN1C(=O)NC2(CCCC2)C1=O)NC1CCCCC1. The Labute approximate surface area is 137 Å². The van der Waals surface area contributed by atoms with Crippen molar-refractivity contribution in [1.29, 1.82) is 0 Å². The Kier molecular flexibility index (Phi) is 4.87. The molecule has 0 aromatic carbocycles. The lowest BCUT2D eigenvalue weighted by Crippen LogP contribution is -2.44. The molecule has 0 unspecified atom stereocenters. The maximum Gasteiger partial charge on any atom is 0.325 e. The second kappa shape index (κ2) is 6.89. The fraction of sp³-hybridized carbons (Fsp3) is 0.824. The van der Waals surface area contributed by atoms with Crippen LogP contribution in [0.5, 0.6) is 0 Å². The van der Waals surface area contributed by atoms with Crippen LogP contribution in [0.15, 0.2) is 0 Å². The monoisotopic (exact) mass is 321 g/mol. The molecule has 6 heteroatoms. The van der Waals surface area contributed by atoms with Crippen molar-refractivity contribution in [2.24, 2.45) is 0 Å². The molecule has 0 aromatic rings. The highest BCUT2D eigenvalue weighted by molar-refractivity contribution is 6.07. The van der Waals surface area contributed by atoms with Gasteiger partial charge in [0.15, 0.2) is 0 Å². The van der Waals surface area contributed by atoms with Crippen molar-refractivity contribution >= 4 is 17.8 Å². The van der Waals surface area contributed by atoms with Crippen LogP contribution in [-0.4, -0.2) is 40.9 Å². The first-order chi connectivity index (χ1) is 11.1. The largest absolute Gasteiger partial charge is 0.353 e. The summed E-state index contributed by atoms with van der Waals surface area (Å²) in [5, 5.41) is 5.94. The molecule has 3 rings (SSSR count). The molecule has 6 nitrogen and oxygen atoms in total. The zero-order chi connectivity index (χ0) is 16.3. The van der Waals surface area contributed by atoms with E-state index in [1.54, 1.807) is 0 Å². The van der Waals surface area contributed by atoms with Crippen LogP contribution < -0.4 is 10.6 Å². The molecule has 4 amide bonds. The topological polar surface area (TPSA) is 78.5 Å². The molecule has 1 heterocycles. The lowest BCUT2D eigenvalue weighted by atomic mass is 9.95. The van der Waals surface area contributed by atoms with Gasteiger partial charge in [-0.3, -0.25) is 14.5 Å². The van der Waals surface area contributed by atoms with E-state index in [1.165, 1.54) is 24.2 Å². The van der Waals surface area contributed by atoms with Crippen LogP contribution in [0.1, 0.15) is 70.6 Å². The van der Waals surface area contributed by atoms with E-state index in [4.69, 9.17) is 0 Å². The number of hydrogen-bond acceptors (Lipinski definition) is 3. The number of amides is 4. The summed E-state index contributed by atoms with van der Waals surface area (Å²) in [6.45, 7) is 0.338. The van der Waals surface area contributed by atoms with Crippen LogP contribution in [0.2, 0.25) is 0 Å². The number of carbonyl (C=O) groups is 3. The summed E-state index contributed by atoms with van der Waals surface area (Å²) in [6.07, 6.45) is 10.2. The van der Waals surface area contributed by atoms with E-state index in [-0.39, 0.29) is 17.8 Å². The van der Waals surface area contributed by atoms with Gasteiger partial charge in [-0.25, -0.2) is 4.79 Å². The minimum absolute atomic E-state index is 0.0412. The van der Waals surface area contributed by atoms with Crippen LogP contribution in [-0.2, 0) is 9.59 Å². The molecule has 0 atom stereocenters. The molecule has 0 radical (unpaired) electrons. The zero-order valence-corrected chi connectivity index (χ0v) is 13.7. The van der Waals surface area contributed by atoms with E-state index < -0.39 is 5.54 Å². The highest BCUT2D eigenvalue weighted by Gasteiger charge is 2.51. The van der Waals surface area contributed by atoms with Gasteiger partial charge >= 0.3 is 6.03 Å². The van der Waals surface area contributed by atoms with E-state index in [0.717, 1.165) is 38.5 Å². The summed E-state index contributed by atoms with van der Waals surface area (Å²) in [4.78, 5) is 37.8. The number of urea groups is 1. The first-order valence-electron chi connectivity index (χ1n) is 9.04. The van der Waals surface area contributed by atoms with Gasteiger partial charge in [0.25, 0.3) is 5.91 Å².